The minimum absolute atomic E-state index is 0.0740. The summed E-state index contributed by atoms with van der Waals surface area (Å²) in [6, 6.07) is 8.98. The monoisotopic (exact) mass is 366 g/mol. The molecule has 1 saturated heterocycles. The van der Waals surface area contributed by atoms with E-state index in [0.717, 1.165) is 23.9 Å². The highest BCUT2D eigenvalue weighted by molar-refractivity contribution is 5.79. The van der Waals surface area contributed by atoms with Gasteiger partial charge < -0.3 is 14.4 Å². The lowest BCUT2D eigenvalue weighted by Crippen LogP contribution is -2.56. The lowest BCUT2D eigenvalue weighted by Gasteiger charge is -2.38. The van der Waals surface area contributed by atoms with Crippen LogP contribution < -0.4 is 9.47 Å². The Hall–Kier alpha value is -2.77. The Morgan fingerprint density at radius 3 is 2.73 bits per heavy atom. The molecule has 8 heteroatoms. The summed E-state index contributed by atoms with van der Waals surface area (Å²) in [5.41, 5.74) is 0.0195. The van der Waals surface area contributed by atoms with E-state index in [9.17, 15) is 18.0 Å². The number of halogens is 3. The fourth-order valence-electron chi connectivity index (χ4n) is 2.61. The lowest BCUT2D eigenvalue weighted by atomic mass is 10.1. The molecule has 26 heavy (non-hydrogen) atoms. The number of methoxy groups -OCH3 is 1. The summed E-state index contributed by atoms with van der Waals surface area (Å²) in [4.78, 5) is 17.6. The summed E-state index contributed by atoms with van der Waals surface area (Å²) < 4.78 is 48.6. The molecule has 0 N–H and O–H groups in total. The van der Waals surface area contributed by atoms with Crippen LogP contribution in [0.25, 0.3) is 0 Å². The Morgan fingerprint density at radius 1 is 1.27 bits per heavy atom. The molecule has 0 saturated carbocycles. The second kappa shape index (κ2) is 7.23. The zero-order chi connectivity index (χ0) is 18.7. The minimum atomic E-state index is -4.45. The topological polar surface area (TPSA) is 51.7 Å². The molecule has 1 aliphatic heterocycles. The number of carbonyl (C=O) groups is 1. The van der Waals surface area contributed by atoms with E-state index in [1.807, 2.05) is 12.1 Å². The quantitative estimate of drug-likeness (QED) is 0.817. The van der Waals surface area contributed by atoms with E-state index in [4.69, 9.17) is 9.47 Å². The van der Waals surface area contributed by atoms with Crippen LogP contribution in [0, 0.1) is 0 Å². The molecule has 0 bridgehead atoms. The van der Waals surface area contributed by atoms with Crippen LogP contribution in [0.5, 0.6) is 11.6 Å². The van der Waals surface area contributed by atoms with Gasteiger partial charge in [0.05, 0.1) is 32.2 Å². The van der Waals surface area contributed by atoms with Gasteiger partial charge in [0.15, 0.2) is 0 Å². The average molecular weight is 366 g/mol. The van der Waals surface area contributed by atoms with Crippen molar-refractivity contribution in [3.63, 3.8) is 0 Å². The molecule has 1 aromatic carbocycles. The molecule has 2 aromatic rings. The van der Waals surface area contributed by atoms with Crippen molar-refractivity contribution in [2.75, 3.05) is 20.2 Å². The fraction of sp³-hybridized carbons (Fsp3) is 0.333. The van der Waals surface area contributed by atoms with Gasteiger partial charge in [0.25, 0.3) is 0 Å². The molecule has 1 aliphatic rings. The van der Waals surface area contributed by atoms with Crippen molar-refractivity contribution in [1.82, 2.24) is 9.88 Å². The first-order valence-electron chi connectivity index (χ1n) is 7.96. The van der Waals surface area contributed by atoms with Crippen molar-refractivity contribution in [1.29, 1.82) is 0 Å². The summed E-state index contributed by atoms with van der Waals surface area (Å²) in [5.74, 6) is 0.510. The molecule has 2 heterocycles. The van der Waals surface area contributed by atoms with Gasteiger partial charge in [-0.2, -0.15) is 13.2 Å². The Kier molecular flexibility index (Phi) is 5.01. The minimum Gasteiger partial charge on any atom is -0.497 e. The number of likely N-dealkylation sites (tertiary alicyclic amines) is 1. The van der Waals surface area contributed by atoms with Crippen molar-refractivity contribution in [3.8, 4) is 11.6 Å². The zero-order valence-electron chi connectivity index (χ0n) is 14.0. The molecule has 138 valence electrons. The van der Waals surface area contributed by atoms with Gasteiger partial charge in [0, 0.05) is 12.3 Å². The van der Waals surface area contributed by atoms with Crippen molar-refractivity contribution < 1.29 is 27.4 Å². The Morgan fingerprint density at radius 2 is 2.04 bits per heavy atom. The van der Waals surface area contributed by atoms with Gasteiger partial charge in [-0.1, -0.05) is 12.1 Å². The predicted molar refractivity (Wildman–Crippen MR) is 86.9 cm³/mol. The molecule has 0 spiro atoms. The predicted octanol–water partition coefficient (Wildman–Crippen LogP) is 2.94. The maximum absolute atomic E-state index is 12.7. The van der Waals surface area contributed by atoms with Crippen LogP contribution in [-0.4, -0.2) is 42.1 Å². The molecule has 0 atom stereocenters. The van der Waals surface area contributed by atoms with Crippen molar-refractivity contribution >= 4 is 5.91 Å². The van der Waals surface area contributed by atoms with E-state index in [1.165, 1.54) is 0 Å². The van der Waals surface area contributed by atoms with Gasteiger partial charge in [0.1, 0.15) is 11.9 Å². The largest absolute Gasteiger partial charge is 0.497 e. The first-order chi connectivity index (χ1) is 12.3. The van der Waals surface area contributed by atoms with Gasteiger partial charge in [-0.25, -0.2) is 4.98 Å². The standard InChI is InChI=1S/C18H17F3N2O3/c1-25-14-4-2-3-12(7-14)8-17(24)23-10-15(11-23)26-16-9-13(5-6-22-16)18(19,20)21/h2-7,9,15H,8,10-11H2,1H3. The van der Waals surface area contributed by atoms with Gasteiger partial charge in [-0.15, -0.1) is 0 Å². The third-order valence-electron chi connectivity index (χ3n) is 4.04. The van der Waals surface area contributed by atoms with Crippen LogP contribution in [0.15, 0.2) is 42.6 Å². The number of carbonyl (C=O) groups excluding carboxylic acids is 1. The van der Waals surface area contributed by atoms with Gasteiger partial charge in [-0.05, 0) is 23.8 Å². The smallest absolute Gasteiger partial charge is 0.416 e. The normalized spacial score (nSPS) is 14.7. The SMILES string of the molecule is COc1cccc(CC(=O)N2CC(Oc3cc(C(F)(F)F)ccn3)C2)c1. The van der Waals surface area contributed by atoms with Crippen LogP contribution in [0.4, 0.5) is 13.2 Å². The molecule has 1 aromatic heterocycles. The van der Waals surface area contributed by atoms with E-state index < -0.39 is 11.7 Å². The summed E-state index contributed by atoms with van der Waals surface area (Å²) in [7, 11) is 1.56. The number of hydrogen-bond acceptors (Lipinski definition) is 4. The number of pyridine rings is 1. The van der Waals surface area contributed by atoms with Crippen molar-refractivity contribution in [2.24, 2.45) is 0 Å². The summed E-state index contributed by atoms with van der Waals surface area (Å²) in [6.07, 6.45) is -3.52. The van der Waals surface area contributed by atoms with Crippen LogP contribution in [-0.2, 0) is 17.4 Å². The van der Waals surface area contributed by atoms with E-state index in [0.29, 0.717) is 18.8 Å². The molecule has 0 aliphatic carbocycles. The van der Waals surface area contributed by atoms with Crippen LogP contribution >= 0.6 is 0 Å². The molecule has 1 fully saturated rings. The van der Waals surface area contributed by atoms with Crippen molar-refractivity contribution in [3.05, 3.63) is 53.7 Å². The molecular formula is C18H17F3N2O3. The second-order valence-electron chi connectivity index (χ2n) is 5.95. The first-order valence-corrected chi connectivity index (χ1v) is 7.96. The number of hydrogen-bond donors (Lipinski definition) is 0. The molecule has 0 radical (unpaired) electrons. The number of benzene rings is 1. The molecule has 0 unspecified atom stereocenters. The average Bonchev–Trinajstić information content (AvgIpc) is 2.57. The molecular weight excluding hydrogens is 349 g/mol. The lowest BCUT2D eigenvalue weighted by molar-refractivity contribution is -0.139. The molecule has 3 rings (SSSR count). The number of nitrogens with zero attached hydrogens (tertiary/aromatic N) is 2. The fourth-order valence-corrected chi connectivity index (χ4v) is 2.61. The van der Waals surface area contributed by atoms with E-state index >= 15 is 0 Å². The Balaban J connectivity index is 1.52. The van der Waals surface area contributed by atoms with Crippen molar-refractivity contribution in [2.45, 2.75) is 18.7 Å². The summed E-state index contributed by atoms with van der Waals surface area (Å²) in [5, 5.41) is 0. The highest BCUT2D eigenvalue weighted by atomic mass is 19.4. The van der Waals surface area contributed by atoms with E-state index in [-0.39, 0.29) is 24.3 Å². The second-order valence-corrected chi connectivity index (χ2v) is 5.95. The molecule has 1 amide bonds. The third-order valence-corrected chi connectivity index (χ3v) is 4.04. The third kappa shape index (κ3) is 4.25. The first kappa shape index (κ1) is 18.0. The van der Waals surface area contributed by atoms with Crippen LogP contribution in [0.3, 0.4) is 0 Å². The van der Waals surface area contributed by atoms with Crippen LogP contribution in [0.2, 0.25) is 0 Å². The number of alkyl halides is 3. The maximum Gasteiger partial charge on any atom is 0.416 e. The maximum atomic E-state index is 12.7. The highest BCUT2D eigenvalue weighted by Crippen LogP contribution is 2.31. The number of ether oxygens (including phenoxy) is 2. The number of rotatable bonds is 5. The number of amides is 1. The Bertz CT molecular complexity index is 789. The highest BCUT2D eigenvalue weighted by Gasteiger charge is 2.34. The van der Waals surface area contributed by atoms with E-state index in [2.05, 4.69) is 4.98 Å². The van der Waals surface area contributed by atoms with Gasteiger partial charge >= 0.3 is 6.18 Å². The van der Waals surface area contributed by atoms with Gasteiger partial charge in [-0.3, -0.25) is 4.79 Å². The summed E-state index contributed by atoms with van der Waals surface area (Å²) in [6.45, 7) is 0.640. The summed E-state index contributed by atoms with van der Waals surface area (Å²) >= 11 is 0. The van der Waals surface area contributed by atoms with Crippen LogP contribution in [0.1, 0.15) is 11.1 Å². The molecule has 5 nitrogen and oxygen atoms in total. The van der Waals surface area contributed by atoms with Gasteiger partial charge in [0.2, 0.25) is 11.8 Å². The number of aromatic nitrogens is 1. The Labute approximate surface area is 148 Å². The zero-order valence-corrected chi connectivity index (χ0v) is 14.0. The van der Waals surface area contributed by atoms with E-state index in [1.54, 1.807) is 24.1 Å².